The maximum atomic E-state index is 5.94. The quantitative estimate of drug-likeness (QED) is 0.920. The predicted octanol–water partition coefficient (Wildman–Crippen LogP) is 2.51. The van der Waals surface area contributed by atoms with Crippen molar-refractivity contribution >= 4 is 5.69 Å². The number of pyridine rings is 1. The van der Waals surface area contributed by atoms with E-state index in [-0.39, 0.29) is 0 Å². The Morgan fingerprint density at radius 1 is 1.35 bits per heavy atom. The van der Waals surface area contributed by atoms with Gasteiger partial charge in [0, 0.05) is 12.6 Å². The molecule has 0 radical (unpaired) electrons. The monoisotopic (exact) mass is 275 g/mol. The highest BCUT2D eigenvalue weighted by atomic mass is 16.5. The Balaban J connectivity index is 1.77. The van der Waals surface area contributed by atoms with Crippen LogP contribution in [0.2, 0.25) is 0 Å². The Labute approximate surface area is 121 Å². The summed E-state index contributed by atoms with van der Waals surface area (Å²) in [6.07, 6.45) is 7.55. The van der Waals surface area contributed by atoms with E-state index in [1.165, 1.54) is 31.4 Å². The van der Waals surface area contributed by atoms with Crippen molar-refractivity contribution in [1.29, 1.82) is 0 Å². The minimum atomic E-state index is 0.302. The number of nitrogens with zero attached hydrogens (tertiary/aromatic N) is 2. The van der Waals surface area contributed by atoms with E-state index in [2.05, 4.69) is 34.3 Å². The van der Waals surface area contributed by atoms with Crippen molar-refractivity contribution in [2.75, 3.05) is 25.1 Å². The van der Waals surface area contributed by atoms with Crippen LogP contribution in [-0.2, 0) is 4.74 Å². The van der Waals surface area contributed by atoms with Gasteiger partial charge in [-0.3, -0.25) is 4.98 Å². The van der Waals surface area contributed by atoms with Crippen molar-refractivity contribution in [2.24, 2.45) is 0 Å². The topological polar surface area (TPSA) is 37.4 Å². The van der Waals surface area contributed by atoms with Gasteiger partial charge in [0.05, 0.1) is 36.3 Å². The summed E-state index contributed by atoms with van der Waals surface area (Å²) < 4.78 is 5.94. The van der Waals surface area contributed by atoms with Gasteiger partial charge in [0.2, 0.25) is 0 Å². The van der Waals surface area contributed by atoms with Gasteiger partial charge in [0.25, 0.3) is 0 Å². The molecule has 2 heterocycles. The average Bonchev–Trinajstić information content (AvgIpc) is 2.54. The third-order valence-electron chi connectivity index (χ3n) is 4.71. The fourth-order valence-electron chi connectivity index (χ4n) is 3.39. The third-order valence-corrected chi connectivity index (χ3v) is 4.71. The van der Waals surface area contributed by atoms with E-state index in [1.807, 2.05) is 13.2 Å². The van der Waals surface area contributed by atoms with Crippen LogP contribution in [0.15, 0.2) is 18.3 Å². The summed E-state index contributed by atoms with van der Waals surface area (Å²) in [6, 6.07) is 5.21. The van der Waals surface area contributed by atoms with Gasteiger partial charge in [-0.05, 0) is 38.9 Å². The predicted molar refractivity (Wildman–Crippen MR) is 81.1 cm³/mol. The van der Waals surface area contributed by atoms with E-state index < -0.39 is 0 Å². The first-order valence-electron chi connectivity index (χ1n) is 7.81. The molecule has 110 valence electrons. The van der Waals surface area contributed by atoms with Crippen LogP contribution < -0.4 is 10.2 Å². The number of hydrogen-bond acceptors (Lipinski definition) is 4. The molecular weight excluding hydrogens is 250 g/mol. The van der Waals surface area contributed by atoms with Crippen LogP contribution in [0, 0.1) is 0 Å². The Hall–Kier alpha value is -1.13. The first-order valence-corrected chi connectivity index (χ1v) is 7.81. The largest absolute Gasteiger partial charge is 0.374 e. The second kappa shape index (κ2) is 6.10. The van der Waals surface area contributed by atoms with Gasteiger partial charge in [0.15, 0.2) is 0 Å². The fourth-order valence-corrected chi connectivity index (χ4v) is 3.39. The minimum Gasteiger partial charge on any atom is -0.374 e. The van der Waals surface area contributed by atoms with Crippen LogP contribution in [0.4, 0.5) is 5.69 Å². The summed E-state index contributed by atoms with van der Waals surface area (Å²) in [5.41, 5.74) is 2.35. The van der Waals surface area contributed by atoms with Crippen molar-refractivity contribution in [3.05, 3.63) is 24.0 Å². The first-order chi connectivity index (χ1) is 9.79. The Bertz CT molecular complexity index is 432. The zero-order valence-electron chi connectivity index (χ0n) is 12.5. The normalized spacial score (nSPS) is 28.0. The second-order valence-electron chi connectivity index (χ2n) is 5.91. The molecule has 0 amide bonds. The van der Waals surface area contributed by atoms with Crippen molar-refractivity contribution in [2.45, 2.75) is 50.8 Å². The van der Waals surface area contributed by atoms with Gasteiger partial charge in [-0.2, -0.15) is 0 Å². The zero-order valence-corrected chi connectivity index (χ0v) is 12.5. The number of nitrogens with one attached hydrogen (secondary N) is 1. The molecule has 20 heavy (non-hydrogen) atoms. The molecule has 4 nitrogen and oxygen atoms in total. The molecule has 1 N–H and O–H groups in total. The minimum absolute atomic E-state index is 0.302. The van der Waals surface area contributed by atoms with Crippen LogP contribution in [0.5, 0.6) is 0 Å². The van der Waals surface area contributed by atoms with Crippen molar-refractivity contribution in [3.8, 4) is 0 Å². The van der Waals surface area contributed by atoms with Crippen molar-refractivity contribution in [1.82, 2.24) is 10.3 Å². The summed E-state index contributed by atoms with van der Waals surface area (Å²) >= 11 is 0. The molecular formula is C16H25N3O. The van der Waals surface area contributed by atoms with Crippen molar-refractivity contribution < 1.29 is 4.74 Å². The lowest BCUT2D eigenvalue weighted by Crippen LogP contribution is -2.52. The standard InChI is InChI=1S/C16H25N3O/c1-12(17-2)14-8-7-13(11-18-14)19-9-10-20-16-6-4-3-5-15(16)19/h7-8,11-12,15-17H,3-6,9-10H2,1-2H3. The Morgan fingerprint density at radius 3 is 2.95 bits per heavy atom. The number of aromatic nitrogens is 1. The summed E-state index contributed by atoms with van der Waals surface area (Å²) in [5, 5.41) is 3.23. The summed E-state index contributed by atoms with van der Waals surface area (Å²) in [7, 11) is 1.97. The lowest BCUT2D eigenvalue weighted by molar-refractivity contribution is -0.00870. The van der Waals surface area contributed by atoms with Crippen LogP contribution in [0.25, 0.3) is 0 Å². The fraction of sp³-hybridized carbons (Fsp3) is 0.688. The van der Waals surface area contributed by atoms with E-state index in [9.17, 15) is 0 Å². The molecule has 1 aromatic heterocycles. The highest BCUT2D eigenvalue weighted by Gasteiger charge is 2.34. The molecule has 1 aromatic rings. The summed E-state index contributed by atoms with van der Waals surface area (Å²) in [5.74, 6) is 0. The summed E-state index contributed by atoms with van der Waals surface area (Å²) in [4.78, 5) is 7.13. The molecule has 2 fully saturated rings. The highest BCUT2D eigenvalue weighted by molar-refractivity contribution is 5.47. The summed E-state index contributed by atoms with van der Waals surface area (Å²) in [6.45, 7) is 3.97. The Morgan fingerprint density at radius 2 is 2.20 bits per heavy atom. The maximum absolute atomic E-state index is 5.94. The molecule has 1 saturated heterocycles. The molecule has 1 saturated carbocycles. The first kappa shape index (κ1) is 13.8. The van der Waals surface area contributed by atoms with Gasteiger partial charge >= 0.3 is 0 Å². The number of morpholine rings is 1. The SMILES string of the molecule is CNC(C)c1ccc(N2CCOC3CCCCC32)cn1. The number of ether oxygens (including phenoxy) is 1. The van der Waals surface area contributed by atoms with Crippen molar-refractivity contribution in [3.63, 3.8) is 0 Å². The maximum Gasteiger partial charge on any atom is 0.0779 e. The molecule has 0 spiro atoms. The third kappa shape index (κ3) is 2.67. The smallest absolute Gasteiger partial charge is 0.0779 e. The van der Waals surface area contributed by atoms with Gasteiger partial charge in [-0.25, -0.2) is 0 Å². The number of rotatable bonds is 3. The van der Waals surface area contributed by atoms with Crippen LogP contribution in [0.1, 0.15) is 44.3 Å². The molecule has 2 aliphatic rings. The van der Waals surface area contributed by atoms with E-state index in [4.69, 9.17) is 4.74 Å². The Kier molecular flexibility index (Phi) is 4.22. The number of hydrogen-bond donors (Lipinski definition) is 1. The van der Waals surface area contributed by atoms with E-state index in [0.29, 0.717) is 18.2 Å². The number of fused-ring (bicyclic) bond motifs is 1. The van der Waals surface area contributed by atoms with Gasteiger partial charge in [-0.1, -0.05) is 12.8 Å². The lowest BCUT2D eigenvalue weighted by Gasteiger charge is -2.45. The molecule has 3 rings (SSSR count). The molecule has 0 bridgehead atoms. The van der Waals surface area contributed by atoms with Gasteiger partial charge < -0.3 is 15.0 Å². The lowest BCUT2D eigenvalue weighted by atomic mass is 9.90. The van der Waals surface area contributed by atoms with Crippen LogP contribution in [0.3, 0.4) is 0 Å². The van der Waals surface area contributed by atoms with Crippen LogP contribution >= 0.6 is 0 Å². The highest BCUT2D eigenvalue weighted by Crippen LogP contribution is 2.31. The van der Waals surface area contributed by atoms with E-state index >= 15 is 0 Å². The molecule has 3 unspecified atom stereocenters. The second-order valence-corrected chi connectivity index (χ2v) is 5.91. The molecule has 4 heteroatoms. The van der Waals surface area contributed by atoms with Crippen LogP contribution in [-0.4, -0.2) is 37.3 Å². The zero-order chi connectivity index (χ0) is 13.9. The molecule has 3 atom stereocenters. The molecule has 1 aliphatic heterocycles. The van der Waals surface area contributed by atoms with Gasteiger partial charge in [0.1, 0.15) is 0 Å². The van der Waals surface area contributed by atoms with Gasteiger partial charge in [-0.15, -0.1) is 0 Å². The molecule has 1 aliphatic carbocycles. The van der Waals surface area contributed by atoms with E-state index in [0.717, 1.165) is 18.8 Å². The number of anilines is 1. The van der Waals surface area contributed by atoms with E-state index in [1.54, 1.807) is 0 Å². The average molecular weight is 275 g/mol. The molecule has 0 aromatic carbocycles.